The Kier molecular flexibility index (Phi) is 5.29. The van der Waals surface area contributed by atoms with Crippen molar-refractivity contribution >= 4 is 11.7 Å². The molecule has 5 nitrogen and oxygen atoms in total. The van der Waals surface area contributed by atoms with Gasteiger partial charge < -0.3 is 19.9 Å². The minimum atomic E-state index is -0.442. The van der Waals surface area contributed by atoms with Crippen molar-refractivity contribution in [1.29, 1.82) is 0 Å². The third kappa shape index (κ3) is 3.64. The van der Waals surface area contributed by atoms with Crippen molar-refractivity contribution in [3.8, 4) is 5.75 Å². The van der Waals surface area contributed by atoms with Gasteiger partial charge in [0.15, 0.2) is 0 Å². The molecule has 1 rings (SSSR count). The van der Waals surface area contributed by atoms with Crippen LogP contribution in [0.1, 0.15) is 17.3 Å². The van der Waals surface area contributed by atoms with Gasteiger partial charge in [-0.3, -0.25) is 0 Å². The summed E-state index contributed by atoms with van der Waals surface area (Å²) in [5.74, 6) is 0.0230. The lowest BCUT2D eigenvalue weighted by Gasteiger charge is -2.11. The molecule has 0 spiro atoms. The highest BCUT2D eigenvalue weighted by Crippen LogP contribution is 2.25. The summed E-state index contributed by atoms with van der Waals surface area (Å²) in [5, 5.41) is 0. The molecule has 0 saturated heterocycles. The summed E-state index contributed by atoms with van der Waals surface area (Å²) < 4.78 is 15.1. The first-order chi connectivity index (χ1) is 8.20. The lowest BCUT2D eigenvalue weighted by atomic mass is 10.1. The Morgan fingerprint density at radius 2 is 2.12 bits per heavy atom. The number of nitrogen functional groups attached to an aromatic ring is 1. The maximum Gasteiger partial charge on any atom is 0.340 e. The Morgan fingerprint density at radius 1 is 1.35 bits per heavy atom. The second-order valence-electron chi connectivity index (χ2n) is 3.28. The highest BCUT2D eigenvalue weighted by Gasteiger charge is 2.13. The van der Waals surface area contributed by atoms with E-state index >= 15 is 0 Å². The van der Waals surface area contributed by atoms with E-state index in [0.717, 1.165) is 0 Å². The molecule has 0 aliphatic carbocycles. The summed E-state index contributed by atoms with van der Waals surface area (Å²) in [4.78, 5) is 11.6. The Hall–Kier alpha value is -1.75. The van der Waals surface area contributed by atoms with Crippen LogP contribution in [-0.2, 0) is 9.47 Å². The molecule has 0 aliphatic rings. The average molecular weight is 239 g/mol. The van der Waals surface area contributed by atoms with E-state index in [0.29, 0.717) is 36.8 Å². The monoisotopic (exact) mass is 239 g/mol. The third-order valence-corrected chi connectivity index (χ3v) is 2.11. The molecule has 1 aromatic rings. The van der Waals surface area contributed by atoms with Crippen LogP contribution in [0.5, 0.6) is 5.75 Å². The Bertz CT molecular complexity index is 379. The number of methoxy groups -OCH3 is 1. The summed E-state index contributed by atoms with van der Waals surface area (Å²) in [5.41, 5.74) is 6.44. The second kappa shape index (κ2) is 6.75. The van der Waals surface area contributed by atoms with Crippen LogP contribution in [0.25, 0.3) is 0 Å². The standard InChI is InChI=1S/C12H17NO4/c1-3-16-12(14)9-5-4-6-10(11(9)13)17-8-7-15-2/h4-6H,3,7-8,13H2,1-2H3. The Balaban J connectivity index is 2.79. The molecule has 0 unspecified atom stereocenters. The number of para-hydroxylation sites is 1. The number of carbonyl (C=O) groups is 1. The lowest BCUT2D eigenvalue weighted by molar-refractivity contribution is 0.0527. The molecule has 0 saturated carbocycles. The minimum absolute atomic E-state index is 0.294. The number of esters is 1. The third-order valence-electron chi connectivity index (χ3n) is 2.11. The Labute approximate surface area is 100 Å². The van der Waals surface area contributed by atoms with Crippen LogP contribution in [0.3, 0.4) is 0 Å². The smallest absolute Gasteiger partial charge is 0.340 e. The highest BCUT2D eigenvalue weighted by atomic mass is 16.5. The fourth-order valence-electron chi connectivity index (χ4n) is 1.29. The van der Waals surface area contributed by atoms with Crippen LogP contribution >= 0.6 is 0 Å². The highest BCUT2D eigenvalue weighted by molar-refractivity contribution is 5.96. The predicted molar refractivity (Wildman–Crippen MR) is 64.2 cm³/mol. The molecule has 17 heavy (non-hydrogen) atoms. The van der Waals surface area contributed by atoms with E-state index in [-0.39, 0.29) is 0 Å². The first-order valence-corrected chi connectivity index (χ1v) is 5.38. The van der Waals surface area contributed by atoms with Crippen LogP contribution in [0.2, 0.25) is 0 Å². The van der Waals surface area contributed by atoms with Gasteiger partial charge in [0.1, 0.15) is 12.4 Å². The van der Waals surface area contributed by atoms with Gasteiger partial charge in [-0.25, -0.2) is 4.79 Å². The molecule has 2 N–H and O–H groups in total. The minimum Gasteiger partial charge on any atom is -0.489 e. The van der Waals surface area contributed by atoms with Gasteiger partial charge in [0, 0.05) is 7.11 Å². The normalized spacial score (nSPS) is 10.0. The number of benzene rings is 1. The number of hydrogen-bond acceptors (Lipinski definition) is 5. The summed E-state index contributed by atoms with van der Waals surface area (Å²) in [7, 11) is 1.59. The molecule has 0 radical (unpaired) electrons. The Morgan fingerprint density at radius 3 is 2.76 bits per heavy atom. The molecular weight excluding hydrogens is 222 g/mol. The topological polar surface area (TPSA) is 70.8 Å². The molecular formula is C12H17NO4. The van der Waals surface area contributed by atoms with E-state index < -0.39 is 5.97 Å². The van der Waals surface area contributed by atoms with Crippen LogP contribution < -0.4 is 10.5 Å². The van der Waals surface area contributed by atoms with E-state index in [1.165, 1.54) is 0 Å². The van der Waals surface area contributed by atoms with Gasteiger partial charge in [-0.2, -0.15) is 0 Å². The van der Waals surface area contributed by atoms with E-state index in [2.05, 4.69) is 0 Å². The molecule has 0 fully saturated rings. The molecule has 0 amide bonds. The van der Waals surface area contributed by atoms with Crippen molar-refractivity contribution in [3.63, 3.8) is 0 Å². The predicted octanol–water partition coefficient (Wildman–Crippen LogP) is 1.47. The van der Waals surface area contributed by atoms with E-state index in [4.69, 9.17) is 19.9 Å². The number of hydrogen-bond donors (Lipinski definition) is 1. The van der Waals surface area contributed by atoms with E-state index in [1.807, 2.05) is 0 Å². The molecule has 0 bridgehead atoms. The number of ether oxygens (including phenoxy) is 3. The maximum atomic E-state index is 11.6. The number of anilines is 1. The van der Waals surface area contributed by atoms with Gasteiger partial charge in [-0.05, 0) is 19.1 Å². The summed E-state index contributed by atoms with van der Waals surface area (Å²) in [6.07, 6.45) is 0. The number of nitrogens with two attached hydrogens (primary N) is 1. The zero-order valence-electron chi connectivity index (χ0n) is 10.1. The first kappa shape index (κ1) is 13.3. The molecule has 94 valence electrons. The van der Waals surface area contributed by atoms with Crippen LogP contribution in [0.4, 0.5) is 5.69 Å². The number of carbonyl (C=O) groups excluding carboxylic acids is 1. The van der Waals surface area contributed by atoms with Gasteiger partial charge in [0.2, 0.25) is 0 Å². The van der Waals surface area contributed by atoms with Gasteiger partial charge in [-0.15, -0.1) is 0 Å². The van der Waals surface area contributed by atoms with Crippen molar-refractivity contribution in [3.05, 3.63) is 23.8 Å². The van der Waals surface area contributed by atoms with Gasteiger partial charge in [0.05, 0.1) is 24.5 Å². The SMILES string of the molecule is CCOC(=O)c1cccc(OCCOC)c1N. The fraction of sp³-hybridized carbons (Fsp3) is 0.417. The van der Waals surface area contributed by atoms with Crippen molar-refractivity contribution in [2.24, 2.45) is 0 Å². The van der Waals surface area contributed by atoms with Crippen molar-refractivity contribution < 1.29 is 19.0 Å². The van der Waals surface area contributed by atoms with Gasteiger partial charge >= 0.3 is 5.97 Å². The zero-order valence-corrected chi connectivity index (χ0v) is 10.1. The summed E-state index contributed by atoms with van der Waals surface area (Å²) in [6, 6.07) is 5.01. The van der Waals surface area contributed by atoms with Crippen LogP contribution in [0, 0.1) is 0 Å². The molecule has 0 atom stereocenters. The lowest BCUT2D eigenvalue weighted by Crippen LogP contribution is -2.11. The fourth-order valence-corrected chi connectivity index (χ4v) is 1.29. The van der Waals surface area contributed by atoms with Gasteiger partial charge in [-0.1, -0.05) is 6.07 Å². The molecule has 5 heteroatoms. The van der Waals surface area contributed by atoms with Crippen molar-refractivity contribution in [1.82, 2.24) is 0 Å². The molecule has 1 aromatic carbocycles. The molecule has 0 aromatic heterocycles. The maximum absolute atomic E-state index is 11.6. The quantitative estimate of drug-likeness (QED) is 0.462. The van der Waals surface area contributed by atoms with Crippen molar-refractivity contribution in [2.45, 2.75) is 6.92 Å². The zero-order chi connectivity index (χ0) is 12.7. The van der Waals surface area contributed by atoms with Gasteiger partial charge in [0.25, 0.3) is 0 Å². The molecule has 0 aliphatic heterocycles. The average Bonchev–Trinajstić information content (AvgIpc) is 2.32. The largest absolute Gasteiger partial charge is 0.489 e. The summed E-state index contributed by atoms with van der Waals surface area (Å²) >= 11 is 0. The molecule has 0 heterocycles. The van der Waals surface area contributed by atoms with Crippen LogP contribution in [0.15, 0.2) is 18.2 Å². The van der Waals surface area contributed by atoms with E-state index in [1.54, 1.807) is 32.2 Å². The number of rotatable bonds is 6. The van der Waals surface area contributed by atoms with Crippen LogP contribution in [-0.4, -0.2) is 32.9 Å². The summed E-state index contributed by atoms with van der Waals surface area (Å²) in [6.45, 7) is 2.90. The van der Waals surface area contributed by atoms with E-state index in [9.17, 15) is 4.79 Å². The van der Waals surface area contributed by atoms with Crippen molar-refractivity contribution in [2.75, 3.05) is 32.7 Å². The second-order valence-corrected chi connectivity index (χ2v) is 3.28. The first-order valence-electron chi connectivity index (χ1n) is 5.38.